The molecule has 1 heterocycles. The number of nitrogens with zero attached hydrogens (tertiary/aromatic N) is 2. The van der Waals surface area contributed by atoms with Crippen molar-refractivity contribution >= 4 is 6.09 Å². The molecular weight excluding hydrogens is 204 g/mol. The van der Waals surface area contributed by atoms with Gasteiger partial charge in [0.15, 0.2) is 0 Å². The van der Waals surface area contributed by atoms with E-state index in [1.54, 1.807) is 4.90 Å². The van der Waals surface area contributed by atoms with Crippen LogP contribution in [0.4, 0.5) is 4.79 Å². The van der Waals surface area contributed by atoms with Gasteiger partial charge in [-0.25, -0.2) is 4.79 Å². The van der Waals surface area contributed by atoms with Gasteiger partial charge in [-0.15, -0.1) is 0 Å². The van der Waals surface area contributed by atoms with E-state index in [1.807, 2.05) is 6.92 Å². The summed E-state index contributed by atoms with van der Waals surface area (Å²) in [5.41, 5.74) is 0. The minimum absolute atomic E-state index is 0.126. The monoisotopic (exact) mass is 228 g/mol. The molecule has 0 saturated carbocycles. The Labute approximate surface area is 98.2 Å². The second-order valence-electron chi connectivity index (χ2n) is 4.77. The molecule has 4 nitrogen and oxygen atoms in total. The lowest BCUT2D eigenvalue weighted by Gasteiger charge is -2.39. The molecule has 0 aromatic rings. The number of rotatable bonds is 4. The molecule has 0 aromatic heterocycles. The molecule has 0 spiro atoms. The number of amides is 1. The molecule has 1 aliphatic rings. The van der Waals surface area contributed by atoms with Gasteiger partial charge in [0.05, 0.1) is 0 Å². The van der Waals surface area contributed by atoms with Crippen LogP contribution in [0.15, 0.2) is 0 Å². The standard InChI is InChI=1S/C12H24N2O2/c1-4-11(5-2)9-13-6-7-14(12(15)16)10(3)8-13/h10-11H,4-9H2,1-3H3,(H,15,16)/t10-/m1/s1. The molecule has 1 N–H and O–H groups in total. The average molecular weight is 228 g/mol. The van der Waals surface area contributed by atoms with E-state index in [0.29, 0.717) is 6.54 Å². The lowest BCUT2D eigenvalue weighted by Crippen LogP contribution is -2.54. The van der Waals surface area contributed by atoms with Crippen molar-refractivity contribution in [3.63, 3.8) is 0 Å². The van der Waals surface area contributed by atoms with E-state index in [9.17, 15) is 4.79 Å². The molecule has 1 amide bonds. The molecular formula is C12H24N2O2. The van der Waals surface area contributed by atoms with Crippen molar-refractivity contribution in [2.45, 2.75) is 39.7 Å². The predicted octanol–water partition coefficient (Wildman–Crippen LogP) is 2.11. The van der Waals surface area contributed by atoms with E-state index in [0.717, 1.165) is 25.6 Å². The van der Waals surface area contributed by atoms with E-state index < -0.39 is 6.09 Å². The predicted molar refractivity (Wildman–Crippen MR) is 64.7 cm³/mol. The molecule has 0 bridgehead atoms. The van der Waals surface area contributed by atoms with Crippen LogP contribution in [0, 0.1) is 5.92 Å². The lowest BCUT2D eigenvalue weighted by molar-refractivity contribution is 0.0665. The number of carboxylic acid groups (broad SMARTS) is 1. The zero-order chi connectivity index (χ0) is 12.1. The van der Waals surface area contributed by atoms with Crippen molar-refractivity contribution in [2.75, 3.05) is 26.2 Å². The zero-order valence-electron chi connectivity index (χ0n) is 10.6. The maximum absolute atomic E-state index is 10.9. The Bertz CT molecular complexity index is 229. The van der Waals surface area contributed by atoms with Crippen LogP contribution >= 0.6 is 0 Å². The minimum Gasteiger partial charge on any atom is -0.465 e. The van der Waals surface area contributed by atoms with Crippen LogP contribution < -0.4 is 0 Å². The maximum Gasteiger partial charge on any atom is 0.407 e. The van der Waals surface area contributed by atoms with Crippen LogP contribution in [0.25, 0.3) is 0 Å². The van der Waals surface area contributed by atoms with E-state index in [1.165, 1.54) is 12.8 Å². The van der Waals surface area contributed by atoms with E-state index >= 15 is 0 Å². The summed E-state index contributed by atoms with van der Waals surface area (Å²) in [6.07, 6.45) is 1.64. The molecule has 1 saturated heterocycles. The first-order chi connectivity index (χ1) is 7.58. The van der Waals surface area contributed by atoms with Crippen LogP contribution in [0.5, 0.6) is 0 Å². The quantitative estimate of drug-likeness (QED) is 0.801. The molecule has 1 atom stereocenters. The third kappa shape index (κ3) is 3.37. The summed E-state index contributed by atoms with van der Waals surface area (Å²) in [4.78, 5) is 14.9. The second-order valence-corrected chi connectivity index (χ2v) is 4.77. The number of piperazine rings is 1. The number of hydrogen-bond acceptors (Lipinski definition) is 2. The van der Waals surface area contributed by atoms with Crippen molar-refractivity contribution in [1.29, 1.82) is 0 Å². The van der Waals surface area contributed by atoms with Crippen molar-refractivity contribution < 1.29 is 9.90 Å². The smallest absolute Gasteiger partial charge is 0.407 e. The largest absolute Gasteiger partial charge is 0.465 e. The highest BCUT2D eigenvalue weighted by atomic mass is 16.4. The molecule has 1 rings (SSSR count). The Morgan fingerprint density at radius 3 is 2.44 bits per heavy atom. The lowest BCUT2D eigenvalue weighted by atomic mass is 10.0. The maximum atomic E-state index is 10.9. The van der Waals surface area contributed by atoms with Crippen molar-refractivity contribution in [3.8, 4) is 0 Å². The Morgan fingerprint density at radius 2 is 2.00 bits per heavy atom. The molecule has 94 valence electrons. The van der Waals surface area contributed by atoms with Gasteiger partial charge < -0.3 is 10.0 Å². The molecule has 0 unspecified atom stereocenters. The highest BCUT2D eigenvalue weighted by Gasteiger charge is 2.27. The van der Waals surface area contributed by atoms with Gasteiger partial charge in [0.25, 0.3) is 0 Å². The molecule has 4 heteroatoms. The number of carbonyl (C=O) groups is 1. The molecule has 16 heavy (non-hydrogen) atoms. The summed E-state index contributed by atoms with van der Waals surface area (Å²) in [6.45, 7) is 9.97. The second kappa shape index (κ2) is 6.09. The highest BCUT2D eigenvalue weighted by Crippen LogP contribution is 2.15. The first-order valence-electron chi connectivity index (χ1n) is 6.30. The van der Waals surface area contributed by atoms with Gasteiger partial charge in [0.2, 0.25) is 0 Å². The normalized spacial score (nSPS) is 22.8. The molecule has 1 aliphatic heterocycles. The molecule has 1 fully saturated rings. The van der Waals surface area contributed by atoms with Gasteiger partial charge in [0.1, 0.15) is 0 Å². The van der Waals surface area contributed by atoms with Gasteiger partial charge in [-0.1, -0.05) is 26.7 Å². The van der Waals surface area contributed by atoms with Crippen LogP contribution in [0.2, 0.25) is 0 Å². The molecule has 0 radical (unpaired) electrons. The van der Waals surface area contributed by atoms with E-state index in [-0.39, 0.29) is 6.04 Å². The SMILES string of the molecule is CCC(CC)CN1CCN(C(=O)O)[C@H](C)C1. The van der Waals surface area contributed by atoms with Crippen LogP contribution in [0.3, 0.4) is 0 Å². The van der Waals surface area contributed by atoms with Crippen LogP contribution in [-0.2, 0) is 0 Å². The minimum atomic E-state index is -0.783. The Kier molecular flexibility index (Phi) is 5.06. The van der Waals surface area contributed by atoms with Gasteiger partial charge in [-0.2, -0.15) is 0 Å². The van der Waals surface area contributed by atoms with Crippen LogP contribution in [0.1, 0.15) is 33.6 Å². The van der Waals surface area contributed by atoms with Crippen molar-refractivity contribution in [3.05, 3.63) is 0 Å². The summed E-state index contributed by atoms with van der Waals surface area (Å²) >= 11 is 0. The summed E-state index contributed by atoms with van der Waals surface area (Å²) < 4.78 is 0. The van der Waals surface area contributed by atoms with Crippen molar-refractivity contribution in [2.24, 2.45) is 5.92 Å². The topological polar surface area (TPSA) is 43.8 Å². The van der Waals surface area contributed by atoms with Crippen molar-refractivity contribution in [1.82, 2.24) is 9.80 Å². The summed E-state index contributed by atoms with van der Waals surface area (Å²) in [6, 6.07) is 0.126. The van der Waals surface area contributed by atoms with Gasteiger partial charge >= 0.3 is 6.09 Å². The summed E-state index contributed by atoms with van der Waals surface area (Å²) in [7, 11) is 0. The molecule has 0 aliphatic carbocycles. The Morgan fingerprint density at radius 1 is 1.38 bits per heavy atom. The van der Waals surface area contributed by atoms with Gasteiger partial charge in [0, 0.05) is 32.2 Å². The third-order valence-electron chi connectivity index (χ3n) is 3.63. The van der Waals surface area contributed by atoms with E-state index in [4.69, 9.17) is 5.11 Å². The fourth-order valence-corrected chi connectivity index (χ4v) is 2.40. The summed E-state index contributed by atoms with van der Waals surface area (Å²) in [5, 5.41) is 8.98. The first kappa shape index (κ1) is 13.3. The average Bonchev–Trinajstić information content (AvgIpc) is 2.25. The summed E-state index contributed by atoms with van der Waals surface area (Å²) in [5.74, 6) is 0.753. The highest BCUT2D eigenvalue weighted by molar-refractivity contribution is 5.65. The molecule has 0 aromatic carbocycles. The fourth-order valence-electron chi connectivity index (χ4n) is 2.40. The first-order valence-corrected chi connectivity index (χ1v) is 6.30. The number of hydrogen-bond donors (Lipinski definition) is 1. The van der Waals surface area contributed by atoms with E-state index in [2.05, 4.69) is 18.7 Å². The third-order valence-corrected chi connectivity index (χ3v) is 3.63. The Hall–Kier alpha value is -0.770. The van der Waals surface area contributed by atoms with Crippen LogP contribution in [-0.4, -0.2) is 53.2 Å². The van der Waals surface area contributed by atoms with Gasteiger partial charge in [-0.05, 0) is 12.8 Å². The van der Waals surface area contributed by atoms with Gasteiger partial charge in [-0.3, -0.25) is 4.90 Å². The Balaban J connectivity index is 2.42. The zero-order valence-corrected chi connectivity index (χ0v) is 10.6. The fraction of sp³-hybridized carbons (Fsp3) is 0.917.